The summed E-state index contributed by atoms with van der Waals surface area (Å²) >= 11 is 0. The minimum absolute atomic E-state index is 0.0787. The molecule has 0 aromatic rings. The first-order valence-corrected chi connectivity index (χ1v) is 2.69. The standard InChI is InChI=1S/C5H7B2N/c1-4-3-7(6)5(2)8-4/h3H,1-2H3. The summed E-state index contributed by atoms with van der Waals surface area (Å²) in [5.74, 6) is 1.95. The second kappa shape index (κ2) is 1.81. The molecule has 0 unspecified atom stereocenters. The van der Waals surface area contributed by atoms with Gasteiger partial charge >= 0.3 is 0 Å². The molecule has 0 fully saturated rings. The Bertz CT molecular complexity index is 160. The smallest absolute Gasteiger partial charge is 0.171 e. The number of hydrogen-bond acceptors (Lipinski definition) is 1. The molecule has 2 radical (unpaired) electrons. The zero-order valence-corrected chi connectivity index (χ0v) is 5.18. The molecular formula is C5H7B2N. The van der Waals surface area contributed by atoms with Crippen LogP contribution in [0.3, 0.4) is 0 Å². The van der Waals surface area contributed by atoms with Crippen molar-refractivity contribution in [1.29, 1.82) is 0 Å². The molecule has 0 saturated carbocycles. The molecule has 0 atom stereocenters. The van der Waals surface area contributed by atoms with E-state index in [1.807, 2.05) is 19.8 Å². The summed E-state index contributed by atoms with van der Waals surface area (Å²) in [6.07, 6.45) is 0. The Morgan fingerprint density at radius 3 is 2.38 bits per heavy atom. The topological polar surface area (TPSA) is 12.4 Å². The van der Waals surface area contributed by atoms with Crippen molar-refractivity contribution in [3.05, 3.63) is 11.7 Å². The van der Waals surface area contributed by atoms with E-state index in [0.717, 1.165) is 11.3 Å². The summed E-state index contributed by atoms with van der Waals surface area (Å²) in [4.78, 5) is 4.12. The van der Waals surface area contributed by atoms with Crippen LogP contribution in [0.1, 0.15) is 13.8 Å². The zero-order valence-electron chi connectivity index (χ0n) is 5.18. The first kappa shape index (κ1) is 5.67. The monoisotopic (exact) mass is 103 g/mol. The van der Waals surface area contributed by atoms with Crippen molar-refractivity contribution in [1.82, 2.24) is 0 Å². The number of aliphatic imine (C=N–C) groups is 1. The fourth-order valence-electron chi connectivity index (χ4n) is 0.770. The van der Waals surface area contributed by atoms with Crippen LogP contribution >= 0.6 is 0 Å². The van der Waals surface area contributed by atoms with E-state index in [4.69, 9.17) is 7.74 Å². The SMILES string of the molecule is [B]B1C=C(C)N=C1C. The summed E-state index contributed by atoms with van der Waals surface area (Å²) in [5.41, 5.74) is 2.05. The average molecular weight is 103 g/mol. The molecule has 3 heteroatoms. The average Bonchev–Trinajstić information content (AvgIpc) is 1.85. The maximum absolute atomic E-state index is 5.56. The highest BCUT2D eigenvalue weighted by atomic mass is 14.7. The van der Waals surface area contributed by atoms with Gasteiger partial charge in [-0.15, -0.1) is 0 Å². The molecule has 0 aromatic carbocycles. The lowest BCUT2D eigenvalue weighted by molar-refractivity contribution is 1.34. The van der Waals surface area contributed by atoms with Gasteiger partial charge in [-0.3, -0.25) is 4.99 Å². The summed E-state index contributed by atoms with van der Waals surface area (Å²) < 4.78 is 0. The summed E-state index contributed by atoms with van der Waals surface area (Å²) in [5, 5.41) is 0. The molecule has 0 spiro atoms. The van der Waals surface area contributed by atoms with Crippen molar-refractivity contribution in [2.24, 2.45) is 4.99 Å². The van der Waals surface area contributed by atoms with E-state index in [1.54, 1.807) is 0 Å². The Hall–Kier alpha value is -0.460. The molecule has 0 aromatic heterocycles. The molecule has 1 heterocycles. The van der Waals surface area contributed by atoms with Gasteiger partial charge in [0.25, 0.3) is 0 Å². The molecule has 1 aliphatic rings. The van der Waals surface area contributed by atoms with Gasteiger partial charge in [0.15, 0.2) is 6.60 Å². The van der Waals surface area contributed by atoms with Crippen molar-refractivity contribution >= 4 is 20.0 Å². The molecule has 1 aliphatic heterocycles. The highest BCUT2D eigenvalue weighted by molar-refractivity contribution is 7.24. The number of allylic oxidation sites excluding steroid dienone is 1. The van der Waals surface area contributed by atoms with Gasteiger partial charge in [-0.25, -0.2) is 0 Å². The normalized spacial score (nSPS) is 18.5. The summed E-state index contributed by atoms with van der Waals surface area (Å²) in [6, 6.07) is 0. The maximum atomic E-state index is 5.56. The van der Waals surface area contributed by atoms with Crippen molar-refractivity contribution in [2.75, 3.05) is 0 Å². The van der Waals surface area contributed by atoms with Crippen LogP contribution in [-0.4, -0.2) is 20.0 Å². The fraction of sp³-hybridized carbons (Fsp3) is 0.400. The Labute approximate surface area is 51.4 Å². The largest absolute Gasteiger partial charge is 0.274 e. The quantitative estimate of drug-likeness (QED) is 0.398. The Kier molecular flexibility index (Phi) is 1.28. The third kappa shape index (κ3) is 0.857. The first-order chi connectivity index (χ1) is 3.70. The van der Waals surface area contributed by atoms with Gasteiger partial charge in [0.05, 0.1) is 0 Å². The molecule has 0 saturated heterocycles. The lowest BCUT2D eigenvalue weighted by atomic mass is 9.31. The van der Waals surface area contributed by atoms with Gasteiger partial charge in [0.1, 0.15) is 0 Å². The number of hydrogen-bond donors (Lipinski definition) is 0. The van der Waals surface area contributed by atoms with E-state index < -0.39 is 0 Å². The van der Waals surface area contributed by atoms with Crippen LogP contribution in [0.5, 0.6) is 0 Å². The second-order valence-electron chi connectivity index (χ2n) is 2.09. The van der Waals surface area contributed by atoms with Crippen LogP contribution in [0.15, 0.2) is 16.7 Å². The van der Waals surface area contributed by atoms with Gasteiger partial charge in [-0.1, -0.05) is 5.98 Å². The molecule has 1 nitrogen and oxygen atoms in total. The van der Waals surface area contributed by atoms with Crippen LogP contribution in [-0.2, 0) is 0 Å². The van der Waals surface area contributed by atoms with E-state index in [-0.39, 0.29) is 6.60 Å². The molecule has 0 amide bonds. The first-order valence-electron chi connectivity index (χ1n) is 2.69. The van der Waals surface area contributed by atoms with Gasteiger partial charge in [-0.2, -0.15) is 0 Å². The van der Waals surface area contributed by atoms with Crippen LogP contribution in [0.25, 0.3) is 0 Å². The summed E-state index contributed by atoms with van der Waals surface area (Å²) in [7, 11) is 5.56. The van der Waals surface area contributed by atoms with Crippen molar-refractivity contribution in [3.63, 3.8) is 0 Å². The van der Waals surface area contributed by atoms with Crippen LogP contribution in [0, 0.1) is 0 Å². The molecular weight excluding hydrogens is 95.7 g/mol. The number of nitrogens with zero attached hydrogens (tertiary/aromatic N) is 1. The Morgan fingerprint density at radius 1 is 1.62 bits per heavy atom. The van der Waals surface area contributed by atoms with Crippen LogP contribution < -0.4 is 0 Å². The van der Waals surface area contributed by atoms with E-state index in [0.29, 0.717) is 0 Å². The van der Waals surface area contributed by atoms with Crippen molar-refractivity contribution in [3.8, 4) is 0 Å². The second-order valence-corrected chi connectivity index (χ2v) is 2.09. The van der Waals surface area contributed by atoms with Crippen molar-refractivity contribution < 1.29 is 0 Å². The zero-order chi connectivity index (χ0) is 6.15. The van der Waals surface area contributed by atoms with Gasteiger partial charge < -0.3 is 0 Å². The van der Waals surface area contributed by atoms with E-state index >= 15 is 0 Å². The predicted octanol–water partition coefficient (Wildman–Crippen LogP) is 0.603. The lowest BCUT2D eigenvalue weighted by Crippen LogP contribution is -2.17. The highest BCUT2D eigenvalue weighted by Crippen LogP contribution is 2.05. The number of rotatable bonds is 0. The molecule has 1 rings (SSSR count). The minimum Gasteiger partial charge on any atom is -0.274 e. The van der Waals surface area contributed by atoms with Crippen molar-refractivity contribution in [2.45, 2.75) is 13.8 Å². The Balaban J connectivity index is 2.78. The fourth-order valence-corrected chi connectivity index (χ4v) is 0.770. The highest BCUT2D eigenvalue weighted by Gasteiger charge is 2.11. The third-order valence-corrected chi connectivity index (χ3v) is 1.26. The van der Waals surface area contributed by atoms with Gasteiger partial charge in [0.2, 0.25) is 0 Å². The lowest BCUT2D eigenvalue weighted by Gasteiger charge is -1.89. The van der Waals surface area contributed by atoms with E-state index in [2.05, 4.69) is 4.99 Å². The molecule has 0 bridgehead atoms. The molecule has 8 heavy (non-hydrogen) atoms. The maximum Gasteiger partial charge on any atom is 0.171 e. The van der Waals surface area contributed by atoms with Gasteiger partial charge in [-0.05, 0) is 19.5 Å². The van der Waals surface area contributed by atoms with Crippen LogP contribution in [0.2, 0.25) is 0 Å². The molecule has 38 valence electrons. The Morgan fingerprint density at radius 2 is 2.25 bits per heavy atom. The predicted molar refractivity (Wildman–Crippen MR) is 38.4 cm³/mol. The molecule has 0 N–H and O–H groups in total. The summed E-state index contributed by atoms with van der Waals surface area (Å²) in [6.45, 7) is 3.98. The molecule has 0 aliphatic carbocycles. The van der Waals surface area contributed by atoms with Gasteiger partial charge in [0, 0.05) is 13.4 Å². The third-order valence-electron chi connectivity index (χ3n) is 1.26. The van der Waals surface area contributed by atoms with E-state index in [9.17, 15) is 0 Å². The van der Waals surface area contributed by atoms with E-state index in [1.165, 1.54) is 0 Å². The van der Waals surface area contributed by atoms with Crippen LogP contribution in [0.4, 0.5) is 0 Å². The minimum atomic E-state index is 0.0787.